The van der Waals surface area contributed by atoms with Crippen molar-refractivity contribution in [2.24, 2.45) is 5.92 Å². The number of carbonyl (C=O) groups is 2. The third kappa shape index (κ3) is 9.59. The molecule has 0 bridgehead atoms. The summed E-state index contributed by atoms with van der Waals surface area (Å²) in [5.41, 5.74) is 3.60. The fourth-order valence-corrected chi connectivity index (χ4v) is 4.64. The topological polar surface area (TPSA) is 79.7 Å². The number of aldehydes is 2. The Morgan fingerprint density at radius 2 is 1.66 bits per heavy atom. The van der Waals surface area contributed by atoms with E-state index >= 15 is 0 Å². The monoisotopic (exact) mass is 519 g/mol. The molecule has 0 amide bonds. The second-order valence-corrected chi connectivity index (χ2v) is 9.78. The molecule has 206 valence electrons. The Morgan fingerprint density at radius 1 is 1.03 bits per heavy atom. The summed E-state index contributed by atoms with van der Waals surface area (Å²) in [6.45, 7) is 9.81. The molecule has 38 heavy (non-hydrogen) atoms. The number of benzene rings is 2. The molecule has 1 N–H and O–H groups in total. The van der Waals surface area contributed by atoms with Gasteiger partial charge in [0, 0.05) is 44.8 Å². The van der Waals surface area contributed by atoms with Crippen LogP contribution in [0.25, 0.3) is 0 Å². The smallest absolute Gasteiger partial charge is 0.141 e. The highest BCUT2D eigenvalue weighted by molar-refractivity contribution is 5.66. The van der Waals surface area contributed by atoms with Gasteiger partial charge in [-0.05, 0) is 56.7 Å². The maximum Gasteiger partial charge on any atom is 0.141 e. The Hall–Kier alpha value is -3.21. The lowest BCUT2D eigenvalue weighted by atomic mass is 10.1. The molecule has 2 aliphatic rings. The highest BCUT2D eigenvalue weighted by Gasteiger charge is 2.25. The first-order valence-electron chi connectivity index (χ1n) is 13.9. The number of nitrogens with zero attached hydrogens (tertiary/aromatic N) is 4. The van der Waals surface area contributed by atoms with Crippen LogP contribution in [-0.4, -0.2) is 75.7 Å². The van der Waals surface area contributed by atoms with E-state index in [1.807, 2.05) is 55.6 Å². The lowest BCUT2D eigenvalue weighted by Crippen LogP contribution is -2.48. The molecule has 2 aromatic carbocycles. The zero-order valence-corrected chi connectivity index (χ0v) is 23.6. The summed E-state index contributed by atoms with van der Waals surface area (Å²) >= 11 is 0. The van der Waals surface area contributed by atoms with Gasteiger partial charge in [0.2, 0.25) is 0 Å². The molecule has 0 aromatic heterocycles. The van der Waals surface area contributed by atoms with E-state index in [4.69, 9.17) is 0 Å². The molecular formula is C31H45N5O2. The fourth-order valence-electron chi connectivity index (χ4n) is 4.64. The minimum Gasteiger partial charge on any atom is -0.388 e. The van der Waals surface area contributed by atoms with E-state index in [9.17, 15) is 14.9 Å². The Balaban J connectivity index is 0.000000320. The molecule has 7 nitrogen and oxygen atoms in total. The van der Waals surface area contributed by atoms with Gasteiger partial charge in [0.1, 0.15) is 18.6 Å². The van der Waals surface area contributed by atoms with E-state index < -0.39 is 0 Å². The minimum absolute atomic E-state index is 0.203. The first-order chi connectivity index (χ1) is 18.5. The van der Waals surface area contributed by atoms with Gasteiger partial charge in [-0.3, -0.25) is 4.90 Å². The van der Waals surface area contributed by atoms with E-state index in [1.54, 1.807) is 0 Å². The average molecular weight is 520 g/mol. The van der Waals surface area contributed by atoms with E-state index in [2.05, 4.69) is 47.0 Å². The van der Waals surface area contributed by atoms with Gasteiger partial charge in [-0.15, -0.1) is 0 Å². The van der Waals surface area contributed by atoms with Crippen molar-refractivity contribution in [3.63, 3.8) is 0 Å². The molecule has 4 rings (SSSR count). The van der Waals surface area contributed by atoms with Crippen molar-refractivity contribution in [2.45, 2.75) is 45.6 Å². The van der Waals surface area contributed by atoms with E-state index in [-0.39, 0.29) is 6.04 Å². The van der Waals surface area contributed by atoms with Gasteiger partial charge in [-0.2, -0.15) is 5.26 Å². The summed E-state index contributed by atoms with van der Waals surface area (Å²) in [4.78, 5) is 28.3. The van der Waals surface area contributed by atoms with E-state index in [0.717, 1.165) is 81.6 Å². The Labute approximate surface area is 229 Å². The van der Waals surface area contributed by atoms with Crippen LogP contribution in [0, 0.1) is 17.2 Å². The summed E-state index contributed by atoms with van der Waals surface area (Å²) in [6.07, 6.45) is 6.93. The third-order valence-corrected chi connectivity index (χ3v) is 7.40. The van der Waals surface area contributed by atoms with Crippen molar-refractivity contribution >= 4 is 23.9 Å². The highest BCUT2D eigenvalue weighted by atomic mass is 16.1. The molecule has 2 aromatic rings. The number of carbonyl (C=O) groups excluding carboxylic acids is 2. The van der Waals surface area contributed by atoms with Crippen LogP contribution >= 0.6 is 0 Å². The van der Waals surface area contributed by atoms with Crippen molar-refractivity contribution in [3.8, 4) is 6.07 Å². The standard InChI is InChI=1S/C20H22N4O.C6H10O.C5H13N/c1-22-18-7-8-19(17(13-18)14-21)23-9-11-24(12-10-23)20(15-25)16-5-3-2-4-6-16;7-5-6-3-1-2-4-6;1-4-6(3)5-2/h2-8,13,15,20,22H,9-12H2,1H3;5-6H,1-4H2;4-5H2,1-3H3. The normalized spacial score (nSPS) is 16.4. The molecule has 1 saturated carbocycles. The van der Waals surface area contributed by atoms with Gasteiger partial charge < -0.3 is 24.7 Å². The first-order valence-corrected chi connectivity index (χ1v) is 13.9. The number of piperazine rings is 1. The number of rotatable bonds is 8. The van der Waals surface area contributed by atoms with Crippen molar-refractivity contribution in [1.82, 2.24) is 9.80 Å². The summed E-state index contributed by atoms with van der Waals surface area (Å²) in [7, 11) is 3.96. The molecule has 1 heterocycles. The Morgan fingerprint density at radius 3 is 2.11 bits per heavy atom. The van der Waals surface area contributed by atoms with Crippen LogP contribution in [0.5, 0.6) is 0 Å². The number of anilines is 2. The molecule has 0 radical (unpaired) electrons. The van der Waals surface area contributed by atoms with Crippen LogP contribution < -0.4 is 10.2 Å². The summed E-state index contributed by atoms with van der Waals surface area (Å²) in [6, 6.07) is 17.8. The number of hydrogen-bond donors (Lipinski definition) is 1. The largest absolute Gasteiger partial charge is 0.388 e. The van der Waals surface area contributed by atoms with E-state index in [0.29, 0.717) is 11.5 Å². The molecule has 1 aliphatic carbocycles. The lowest BCUT2D eigenvalue weighted by Gasteiger charge is -2.39. The molecule has 1 saturated heterocycles. The number of nitriles is 1. The molecule has 7 heteroatoms. The zero-order valence-electron chi connectivity index (χ0n) is 23.6. The average Bonchev–Trinajstić information content (AvgIpc) is 3.53. The molecular weight excluding hydrogens is 474 g/mol. The third-order valence-electron chi connectivity index (χ3n) is 7.40. The van der Waals surface area contributed by atoms with Crippen molar-refractivity contribution in [1.29, 1.82) is 5.26 Å². The second-order valence-electron chi connectivity index (χ2n) is 9.78. The highest BCUT2D eigenvalue weighted by Crippen LogP contribution is 2.27. The number of hydrogen-bond acceptors (Lipinski definition) is 7. The SMILES string of the molecule is CCN(C)CC.CNc1ccc(N2CCN(C(C=O)c3ccccc3)CC2)c(C#N)c1.O=CC1CCCC1. The van der Waals surface area contributed by atoms with Crippen molar-refractivity contribution in [3.05, 3.63) is 59.7 Å². The summed E-state index contributed by atoms with van der Waals surface area (Å²) < 4.78 is 0. The predicted molar refractivity (Wildman–Crippen MR) is 157 cm³/mol. The molecule has 1 atom stereocenters. The van der Waals surface area contributed by atoms with Gasteiger partial charge in [0.05, 0.1) is 17.3 Å². The van der Waals surface area contributed by atoms with E-state index in [1.165, 1.54) is 12.8 Å². The summed E-state index contributed by atoms with van der Waals surface area (Å²) in [5.74, 6) is 0.417. The quantitative estimate of drug-likeness (QED) is 0.492. The Kier molecular flexibility index (Phi) is 14.1. The van der Waals surface area contributed by atoms with Crippen LogP contribution in [0.2, 0.25) is 0 Å². The minimum atomic E-state index is -0.203. The summed E-state index contributed by atoms with van der Waals surface area (Å²) in [5, 5.41) is 12.5. The van der Waals surface area contributed by atoms with Gasteiger partial charge in [0.25, 0.3) is 0 Å². The maximum atomic E-state index is 11.6. The lowest BCUT2D eigenvalue weighted by molar-refractivity contribution is -0.113. The molecule has 1 aliphatic heterocycles. The Bertz CT molecular complexity index is 989. The van der Waals surface area contributed by atoms with Crippen LogP contribution in [-0.2, 0) is 9.59 Å². The van der Waals surface area contributed by atoms with Crippen LogP contribution in [0.1, 0.15) is 56.7 Å². The van der Waals surface area contributed by atoms with Crippen LogP contribution in [0.4, 0.5) is 11.4 Å². The van der Waals surface area contributed by atoms with Gasteiger partial charge in [-0.1, -0.05) is 57.0 Å². The molecule has 0 spiro atoms. The van der Waals surface area contributed by atoms with Crippen LogP contribution in [0.15, 0.2) is 48.5 Å². The first kappa shape index (κ1) is 31.0. The predicted octanol–water partition coefficient (Wildman–Crippen LogP) is 5.00. The zero-order chi connectivity index (χ0) is 27.8. The van der Waals surface area contributed by atoms with Crippen LogP contribution in [0.3, 0.4) is 0 Å². The number of nitrogens with one attached hydrogen (secondary N) is 1. The van der Waals surface area contributed by atoms with Gasteiger partial charge in [0.15, 0.2) is 0 Å². The van der Waals surface area contributed by atoms with Crippen molar-refractivity contribution < 1.29 is 9.59 Å². The molecule has 1 unspecified atom stereocenters. The fraction of sp³-hybridized carbons (Fsp3) is 0.516. The van der Waals surface area contributed by atoms with Gasteiger partial charge >= 0.3 is 0 Å². The second kappa shape index (κ2) is 17.3. The van der Waals surface area contributed by atoms with Crippen molar-refractivity contribution in [2.75, 3.05) is 63.6 Å². The van der Waals surface area contributed by atoms with Gasteiger partial charge in [-0.25, -0.2) is 0 Å². The maximum absolute atomic E-state index is 11.6. The molecule has 2 fully saturated rings.